The molecule has 0 aliphatic carbocycles. The number of benzene rings is 2. The van der Waals surface area contributed by atoms with Gasteiger partial charge >= 0.3 is 0 Å². The molecule has 0 atom stereocenters. The molecular formula is C24H20FN3O2. The average Bonchev–Trinajstić information content (AvgIpc) is 2.74. The zero-order chi connectivity index (χ0) is 21.3. The van der Waals surface area contributed by atoms with E-state index in [1.54, 1.807) is 36.5 Å². The number of nitrogens with zero attached hydrogens (tertiary/aromatic N) is 2. The highest BCUT2D eigenvalue weighted by molar-refractivity contribution is 6.06. The van der Waals surface area contributed by atoms with Gasteiger partial charge in [0.1, 0.15) is 17.0 Å². The topological polar surface area (TPSA) is 64.0 Å². The Kier molecular flexibility index (Phi) is 5.14. The second-order valence-electron chi connectivity index (χ2n) is 7.21. The van der Waals surface area contributed by atoms with E-state index in [1.807, 2.05) is 32.0 Å². The molecule has 0 saturated heterocycles. The highest BCUT2D eigenvalue weighted by Crippen LogP contribution is 2.21. The van der Waals surface area contributed by atoms with Gasteiger partial charge in [0.2, 0.25) is 0 Å². The highest BCUT2D eigenvalue weighted by atomic mass is 19.1. The van der Waals surface area contributed by atoms with E-state index in [1.165, 1.54) is 16.7 Å². The Morgan fingerprint density at radius 2 is 1.73 bits per heavy atom. The van der Waals surface area contributed by atoms with Crippen molar-refractivity contribution in [1.29, 1.82) is 0 Å². The van der Waals surface area contributed by atoms with Crippen molar-refractivity contribution in [2.24, 2.45) is 0 Å². The summed E-state index contributed by atoms with van der Waals surface area (Å²) in [6.45, 7) is 3.98. The number of carbonyl (C=O) groups excluding carboxylic acids is 1. The molecule has 30 heavy (non-hydrogen) atoms. The fraction of sp³-hybridized carbons (Fsp3) is 0.125. The van der Waals surface area contributed by atoms with Crippen LogP contribution < -0.4 is 10.9 Å². The van der Waals surface area contributed by atoms with Gasteiger partial charge in [-0.3, -0.25) is 14.2 Å². The van der Waals surface area contributed by atoms with Gasteiger partial charge in [-0.25, -0.2) is 9.37 Å². The van der Waals surface area contributed by atoms with E-state index in [0.29, 0.717) is 16.7 Å². The third-order valence-electron chi connectivity index (χ3n) is 5.07. The predicted molar refractivity (Wildman–Crippen MR) is 115 cm³/mol. The average molecular weight is 401 g/mol. The second-order valence-corrected chi connectivity index (χ2v) is 7.21. The molecule has 4 rings (SSSR count). The zero-order valence-electron chi connectivity index (χ0n) is 16.6. The standard InChI is InChI=1S/C24H20FN3O2/c1-15-5-3-6-16(2)21(15)27-23(29)20-13-18-7-4-12-26-22(18)28(24(20)30)14-17-8-10-19(25)11-9-17/h3-13H,14H2,1-2H3,(H,27,29). The number of amides is 1. The first-order chi connectivity index (χ1) is 14.4. The molecular weight excluding hydrogens is 381 g/mol. The number of aromatic nitrogens is 2. The minimum atomic E-state index is -0.476. The molecule has 6 heteroatoms. The van der Waals surface area contributed by atoms with Crippen molar-refractivity contribution in [3.05, 3.63) is 105 Å². The lowest BCUT2D eigenvalue weighted by Gasteiger charge is -2.14. The lowest BCUT2D eigenvalue weighted by atomic mass is 10.1. The summed E-state index contributed by atoms with van der Waals surface area (Å²) in [6, 6.07) is 16.7. The first-order valence-electron chi connectivity index (χ1n) is 9.54. The molecule has 0 aliphatic rings. The predicted octanol–water partition coefficient (Wildman–Crippen LogP) is 4.45. The van der Waals surface area contributed by atoms with Gasteiger partial charge in [0, 0.05) is 17.3 Å². The van der Waals surface area contributed by atoms with Crippen LogP contribution in [-0.2, 0) is 6.54 Å². The van der Waals surface area contributed by atoms with Crippen molar-refractivity contribution in [1.82, 2.24) is 9.55 Å². The summed E-state index contributed by atoms with van der Waals surface area (Å²) in [5.41, 5.74) is 3.30. The lowest BCUT2D eigenvalue weighted by Crippen LogP contribution is -2.30. The number of carbonyl (C=O) groups is 1. The van der Waals surface area contributed by atoms with Gasteiger partial charge in [-0.1, -0.05) is 30.3 Å². The zero-order valence-corrected chi connectivity index (χ0v) is 16.6. The summed E-state index contributed by atoms with van der Waals surface area (Å²) >= 11 is 0. The van der Waals surface area contributed by atoms with Crippen molar-refractivity contribution in [2.75, 3.05) is 5.32 Å². The van der Waals surface area contributed by atoms with Gasteiger partial charge in [-0.05, 0) is 60.9 Å². The molecule has 0 aliphatic heterocycles. The maximum atomic E-state index is 13.3. The first kappa shape index (κ1) is 19.5. The number of rotatable bonds is 4. The van der Waals surface area contributed by atoms with Crippen LogP contribution in [0.1, 0.15) is 27.0 Å². The fourth-order valence-corrected chi connectivity index (χ4v) is 3.48. The van der Waals surface area contributed by atoms with Gasteiger partial charge in [0.05, 0.1) is 6.54 Å². The van der Waals surface area contributed by atoms with E-state index in [4.69, 9.17) is 0 Å². The number of halogens is 1. The van der Waals surface area contributed by atoms with Crippen LogP contribution in [0.4, 0.5) is 10.1 Å². The quantitative estimate of drug-likeness (QED) is 0.549. The molecule has 2 aromatic heterocycles. The van der Waals surface area contributed by atoms with Crippen molar-refractivity contribution in [3.63, 3.8) is 0 Å². The number of hydrogen-bond donors (Lipinski definition) is 1. The Balaban J connectivity index is 1.81. The van der Waals surface area contributed by atoms with Crippen molar-refractivity contribution in [2.45, 2.75) is 20.4 Å². The minimum Gasteiger partial charge on any atom is -0.321 e. The van der Waals surface area contributed by atoms with E-state index in [9.17, 15) is 14.0 Å². The molecule has 1 amide bonds. The van der Waals surface area contributed by atoms with Crippen molar-refractivity contribution in [3.8, 4) is 0 Å². The Labute approximate surface area is 172 Å². The second kappa shape index (κ2) is 7.91. The number of hydrogen-bond acceptors (Lipinski definition) is 3. The number of pyridine rings is 2. The molecule has 4 aromatic rings. The third kappa shape index (κ3) is 3.72. The molecule has 2 heterocycles. The van der Waals surface area contributed by atoms with E-state index < -0.39 is 11.5 Å². The fourth-order valence-electron chi connectivity index (χ4n) is 3.48. The Morgan fingerprint density at radius 3 is 2.43 bits per heavy atom. The van der Waals surface area contributed by atoms with Crippen LogP contribution in [0.3, 0.4) is 0 Å². The summed E-state index contributed by atoms with van der Waals surface area (Å²) < 4.78 is 14.7. The smallest absolute Gasteiger partial charge is 0.265 e. The number of anilines is 1. The van der Waals surface area contributed by atoms with E-state index in [-0.39, 0.29) is 17.9 Å². The van der Waals surface area contributed by atoms with Gasteiger partial charge < -0.3 is 5.32 Å². The molecule has 0 radical (unpaired) electrons. The Bertz CT molecular complexity index is 1290. The summed E-state index contributed by atoms with van der Waals surface area (Å²) in [6.07, 6.45) is 1.60. The molecule has 0 spiro atoms. The van der Waals surface area contributed by atoms with Crippen LogP contribution in [0.25, 0.3) is 11.0 Å². The molecule has 0 bridgehead atoms. The van der Waals surface area contributed by atoms with Crippen molar-refractivity contribution >= 4 is 22.6 Å². The van der Waals surface area contributed by atoms with Crippen LogP contribution >= 0.6 is 0 Å². The first-order valence-corrected chi connectivity index (χ1v) is 9.54. The van der Waals surface area contributed by atoms with Crippen LogP contribution in [0.2, 0.25) is 0 Å². The summed E-state index contributed by atoms with van der Waals surface area (Å²) in [7, 11) is 0. The molecule has 0 unspecified atom stereocenters. The van der Waals surface area contributed by atoms with Crippen LogP contribution in [0, 0.1) is 19.7 Å². The highest BCUT2D eigenvalue weighted by Gasteiger charge is 2.18. The Hall–Kier alpha value is -3.80. The van der Waals surface area contributed by atoms with Gasteiger partial charge in [-0.2, -0.15) is 0 Å². The lowest BCUT2D eigenvalue weighted by molar-refractivity contribution is 0.102. The Morgan fingerprint density at radius 1 is 1.03 bits per heavy atom. The van der Waals surface area contributed by atoms with E-state index in [2.05, 4.69) is 10.3 Å². The van der Waals surface area contributed by atoms with Gasteiger partial charge in [0.25, 0.3) is 11.5 Å². The minimum absolute atomic E-state index is 0.0280. The van der Waals surface area contributed by atoms with E-state index >= 15 is 0 Å². The number of para-hydroxylation sites is 1. The van der Waals surface area contributed by atoms with E-state index in [0.717, 1.165) is 16.7 Å². The summed E-state index contributed by atoms with van der Waals surface area (Å²) in [5, 5.41) is 3.55. The molecule has 150 valence electrons. The summed E-state index contributed by atoms with van der Waals surface area (Å²) in [5.74, 6) is -0.827. The monoisotopic (exact) mass is 401 g/mol. The molecule has 1 N–H and O–H groups in total. The number of fused-ring (bicyclic) bond motifs is 1. The third-order valence-corrected chi connectivity index (χ3v) is 5.07. The van der Waals surface area contributed by atoms with Crippen LogP contribution in [0.5, 0.6) is 0 Å². The van der Waals surface area contributed by atoms with Crippen molar-refractivity contribution < 1.29 is 9.18 Å². The maximum absolute atomic E-state index is 13.3. The molecule has 0 fully saturated rings. The molecule has 0 saturated carbocycles. The largest absolute Gasteiger partial charge is 0.321 e. The maximum Gasteiger partial charge on any atom is 0.265 e. The number of nitrogens with one attached hydrogen (secondary N) is 1. The van der Waals surface area contributed by atoms with Crippen LogP contribution in [-0.4, -0.2) is 15.5 Å². The molecule has 5 nitrogen and oxygen atoms in total. The summed E-state index contributed by atoms with van der Waals surface area (Å²) in [4.78, 5) is 30.6. The number of aryl methyl sites for hydroxylation is 2. The van der Waals surface area contributed by atoms with Gasteiger partial charge in [0.15, 0.2) is 0 Å². The SMILES string of the molecule is Cc1cccc(C)c1NC(=O)c1cc2cccnc2n(Cc2ccc(F)cc2)c1=O. The molecule has 2 aromatic carbocycles. The normalized spacial score (nSPS) is 10.9. The van der Waals surface area contributed by atoms with Crippen LogP contribution in [0.15, 0.2) is 71.7 Å². The van der Waals surface area contributed by atoms with Gasteiger partial charge in [-0.15, -0.1) is 0 Å².